The van der Waals surface area contributed by atoms with Crippen LogP contribution in [0.15, 0.2) is 17.2 Å². The molecule has 1 aliphatic heterocycles. The molecule has 0 bridgehead atoms. The molecule has 146 valence electrons. The largest absolute Gasteiger partial charge is 0.477 e. The molecule has 10 nitrogen and oxygen atoms in total. The van der Waals surface area contributed by atoms with Gasteiger partial charge in [0.25, 0.3) is 0 Å². The number of nitrogens with two attached hydrogens (primary N) is 2. The van der Waals surface area contributed by atoms with Gasteiger partial charge in [0.2, 0.25) is 5.88 Å². The van der Waals surface area contributed by atoms with Crippen molar-refractivity contribution in [1.82, 2.24) is 19.7 Å². The fraction of sp³-hybridized carbons (Fsp3) is 0.688. The second-order valence-corrected chi connectivity index (χ2v) is 7.11. The molecule has 0 radical (unpaired) electrons. The monoisotopic (exact) mass is 367 g/mol. The Kier molecular flexibility index (Phi) is 6.67. The highest BCUT2D eigenvalue weighted by atomic mass is 16.6. The molecule has 1 fully saturated rings. The SMILES string of the molecule is CC(C)(C)OC(=O)N1CCN(CCCOc2cc/c(=N/N)n(N)n2)CC1. The number of piperazine rings is 1. The molecule has 2 heterocycles. The molecule has 1 aromatic heterocycles. The number of hydrogen-bond donors (Lipinski definition) is 2. The summed E-state index contributed by atoms with van der Waals surface area (Å²) in [4.78, 5) is 17.2. The first-order valence-electron chi connectivity index (χ1n) is 8.71. The fourth-order valence-corrected chi connectivity index (χ4v) is 2.54. The van der Waals surface area contributed by atoms with Crippen LogP contribution in [0.3, 0.4) is 0 Å². The number of ether oxygens (including phenoxy) is 2. The molecule has 4 N–H and O–H groups in total. The van der Waals surface area contributed by atoms with Crippen LogP contribution in [-0.2, 0) is 4.74 Å². The maximum absolute atomic E-state index is 12.0. The molecule has 2 rings (SSSR count). The fourth-order valence-electron chi connectivity index (χ4n) is 2.54. The van der Waals surface area contributed by atoms with Crippen LogP contribution in [-0.4, -0.2) is 70.7 Å². The molecular formula is C16H29N7O3. The molecule has 1 aromatic rings. The van der Waals surface area contributed by atoms with Crippen molar-refractivity contribution in [1.29, 1.82) is 0 Å². The molecule has 1 amide bonds. The Labute approximate surface area is 153 Å². The zero-order chi connectivity index (χ0) is 19.2. The van der Waals surface area contributed by atoms with E-state index in [2.05, 4.69) is 15.1 Å². The number of hydrogen-bond acceptors (Lipinski definition) is 8. The molecule has 1 saturated heterocycles. The maximum Gasteiger partial charge on any atom is 0.410 e. The molecule has 0 atom stereocenters. The first-order valence-corrected chi connectivity index (χ1v) is 8.71. The molecule has 0 aliphatic carbocycles. The minimum atomic E-state index is -0.461. The van der Waals surface area contributed by atoms with Crippen molar-refractivity contribution in [2.24, 2.45) is 10.9 Å². The highest BCUT2D eigenvalue weighted by Crippen LogP contribution is 2.12. The first kappa shape index (κ1) is 19.8. The summed E-state index contributed by atoms with van der Waals surface area (Å²) in [5.74, 6) is 11.2. The van der Waals surface area contributed by atoms with Crippen LogP contribution in [0.1, 0.15) is 27.2 Å². The van der Waals surface area contributed by atoms with Crippen molar-refractivity contribution >= 4 is 6.09 Å². The Morgan fingerprint density at radius 3 is 2.54 bits per heavy atom. The summed E-state index contributed by atoms with van der Waals surface area (Å²) in [6.45, 7) is 10.0. The smallest absolute Gasteiger partial charge is 0.410 e. The van der Waals surface area contributed by atoms with E-state index < -0.39 is 5.60 Å². The van der Waals surface area contributed by atoms with E-state index in [4.69, 9.17) is 21.2 Å². The summed E-state index contributed by atoms with van der Waals surface area (Å²) in [5, 5.41) is 7.50. The van der Waals surface area contributed by atoms with Crippen LogP contribution in [0.2, 0.25) is 0 Å². The average Bonchev–Trinajstić information content (AvgIpc) is 2.58. The van der Waals surface area contributed by atoms with Gasteiger partial charge in [0.1, 0.15) is 5.60 Å². The lowest BCUT2D eigenvalue weighted by atomic mass is 10.2. The normalized spacial score (nSPS) is 16.6. The summed E-state index contributed by atoms with van der Waals surface area (Å²) in [6.07, 6.45) is 0.608. The minimum Gasteiger partial charge on any atom is -0.477 e. The highest BCUT2D eigenvalue weighted by molar-refractivity contribution is 5.68. The van der Waals surface area contributed by atoms with E-state index in [-0.39, 0.29) is 6.09 Å². The lowest BCUT2D eigenvalue weighted by Gasteiger charge is -2.35. The molecule has 0 aromatic carbocycles. The van der Waals surface area contributed by atoms with Crippen LogP contribution in [0.5, 0.6) is 5.88 Å². The van der Waals surface area contributed by atoms with Gasteiger partial charge in [0.15, 0.2) is 5.49 Å². The maximum atomic E-state index is 12.0. The van der Waals surface area contributed by atoms with Crippen LogP contribution >= 0.6 is 0 Å². The second-order valence-electron chi connectivity index (χ2n) is 7.11. The van der Waals surface area contributed by atoms with E-state index in [1.54, 1.807) is 17.0 Å². The quantitative estimate of drug-likeness (QED) is 0.416. The molecule has 0 spiro atoms. The number of nitrogen functional groups attached to an aromatic ring is 1. The van der Waals surface area contributed by atoms with Crippen LogP contribution in [0.25, 0.3) is 0 Å². The number of nitrogens with zero attached hydrogens (tertiary/aromatic N) is 5. The van der Waals surface area contributed by atoms with E-state index in [0.29, 0.717) is 31.1 Å². The van der Waals surface area contributed by atoms with E-state index in [1.165, 1.54) is 0 Å². The molecule has 0 saturated carbocycles. The molecule has 10 heteroatoms. The van der Waals surface area contributed by atoms with Gasteiger partial charge in [-0.15, -0.1) is 5.10 Å². The Morgan fingerprint density at radius 1 is 1.27 bits per heavy atom. The number of amides is 1. The van der Waals surface area contributed by atoms with Crippen molar-refractivity contribution in [2.45, 2.75) is 32.8 Å². The van der Waals surface area contributed by atoms with E-state index in [1.807, 2.05) is 20.8 Å². The van der Waals surface area contributed by atoms with Crippen molar-refractivity contribution in [2.75, 3.05) is 45.2 Å². The van der Waals surface area contributed by atoms with Crippen molar-refractivity contribution in [3.63, 3.8) is 0 Å². The van der Waals surface area contributed by atoms with Crippen LogP contribution in [0, 0.1) is 0 Å². The van der Waals surface area contributed by atoms with E-state index in [0.717, 1.165) is 30.8 Å². The molecule has 26 heavy (non-hydrogen) atoms. The highest BCUT2D eigenvalue weighted by Gasteiger charge is 2.25. The number of carbonyl (C=O) groups is 1. The van der Waals surface area contributed by atoms with Crippen LogP contribution < -0.4 is 21.9 Å². The second kappa shape index (κ2) is 8.75. The topological polar surface area (TPSA) is 124 Å². The standard InChI is InChI=1S/C16H29N7O3/c1-16(2,3)26-15(24)22-10-8-21(9-11-22)7-4-12-25-14-6-5-13(19-17)23(18)20-14/h5-6H,4,7-12,17-18H2,1-3H3/b19-13-. The van der Waals surface area contributed by atoms with Gasteiger partial charge in [0.05, 0.1) is 6.61 Å². The van der Waals surface area contributed by atoms with Crippen LogP contribution in [0.4, 0.5) is 4.79 Å². The van der Waals surface area contributed by atoms with Gasteiger partial charge < -0.3 is 26.1 Å². The third-order valence-corrected chi connectivity index (χ3v) is 3.84. The lowest BCUT2D eigenvalue weighted by Crippen LogP contribution is -2.50. The van der Waals surface area contributed by atoms with E-state index in [9.17, 15) is 4.79 Å². The van der Waals surface area contributed by atoms with Crippen molar-refractivity contribution in [3.05, 3.63) is 17.6 Å². The minimum absolute atomic E-state index is 0.241. The predicted octanol–water partition coefficient (Wildman–Crippen LogP) is -0.307. The van der Waals surface area contributed by atoms with Crippen molar-refractivity contribution < 1.29 is 14.3 Å². The third-order valence-electron chi connectivity index (χ3n) is 3.84. The summed E-state index contributed by atoms with van der Waals surface area (Å²) in [6, 6.07) is 3.31. The Hall–Kier alpha value is -2.49. The summed E-state index contributed by atoms with van der Waals surface area (Å²) in [7, 11) is 0. The predicted molar refractivity (Wildman–Crippen MR) is 96.5 cm³/mol. The molecule has 0 unspecified atom stereocenters. The van der Waals surface area contributed by atoms with Gasteiger partial charge in [-0.1, -0.05) is 0 Å². The third kappa shape index (κ3) is 6.10. The van der Waals surface area contributed by atoms with Gasteiger partial charge in [-0.3, -0.25) is 4.90 Å². The van der Waals surface area contributed by atoms with Gasteiger partial charge in [-0.05, 0) is 33.3 Å². The average molecular weight is 367 g/mol. The number of carbonyl (C=O) groups excluding carboxylic acids is 1. The molecule has 1 aliphatic rings. The lowest BCUT2D eigenvalue weighted by molar-refractivity contribution is 0.0142. The first-order chi connectivity index (χ1) is 12.3. The summed E-state index contributed by atoms with van der Waals surface area (Å²) >= 11 is 0. The Morgan fingerprint density at radius 2 is 1.96 bits per heavy atom. The zero-order valence-corrected chi connectivity index (χ0v) is 15.7. The Balaban J connectivity index is 1.66. The van der Waals surface area contributed by atoms with Gasteiger partial charge in [0, 0.05) is 38.8 Å². The molecular weight excluding hydrogens is 338 g/mol. The zero-order valence-electron chi connectivity index (χ0n) is 15.7. The van der Waals surface area contributed by atoms with Gasteiger partial charge in [-0.25, -0.2) is 4.79 Å². The summed E-state index contributed by atoms with van der Waals surface area (Å²) in [5.41, 5.74) is -0.0993. The van der Waals surface area contributed by atoms with Gasteiger partial charge in [-0.2, -0.15) is 9.89 Å². The number of rotatable bonds is 5. The van der Waals surface area contributed by atoms with Crippen molar-refractivity contribution in [3.8, 4) is 5.88 Å². The van der Waals surface area contributed by atoms with Gasteiger partial charge >= 0.3 is 6.09 Å². The summed E-state index contributed by atoms with van der Waals surface area (Å²) < 4.78 is 11.0. The Bertz CT molecular complexity index is 661. The van der Waals surface area contributed by atoms with E-state index >= 15 is 0 Å². The number of aromatic nitrogens is 2.